The van der Waals surface area contributed by atoms with Gasteiger partial charge in [-0.25, -0.2) is 4.98 Å². The molecule has 1 rings (SSSR count). The minimum atomic E-state index is -0.758. The molecule has 1 aromatic rings. The van der Waals surface area contributed by atoms with E-state index in [-0.39, 0.29) is 6.54 Å². The summed E-state index contributed by atoms with van der Waals surface area (Å²) in [5, 5.41) is 14.8. The number of rotatable bonds is 3. The van der Waals surface area contributed by atoms with Crippen LogP contribution < -0.4 is 0 Å². The molecule has 0 bridgehead atoms. The Bertz CT molecular complexity index is 253. The van der Waals surface area contributed by atoms with Crippen LogP contribution in [0, 0.1) is 0 Å². The monoisotopic (exact) mass is 170 g/mol. The van der Waals surface area contributed by atoms with Gasteiger partial charge in [0.15, 0.2) is 0 Å². The average Bonchev–Trinajstić information content (AvgIpc) is 2.52. The average molecular weight is 170 g/mol. The van der Waals surface area contributed by atoms with E-state index in [0.717, 1.165) is 0 Å². The zero-order valence-corrected chi connectivity index (χ0v) is 6.40. The van der Waals surface area contributed by atoms with E-state index in [1.807, 2.05) is 0 Å². The van der Waals surface area contributed by atoms with Crippen molar-refractivity contribution in [2.75, 3.05) is 6.54 Å². The first-order chi connectivity index (χ1) is 5.34. The highest BCUT2D eigenvalue weighted by molar-refractivity contribution is 7.09. The number of aliphatic hydroxyl groups excluding tert-OH is 1. The quantitative estimate of drug-likeness (QED) is 0.423. The molecule has 0 aromatic carbocycles. The van der Waals surface area contributed by atoms with Crippen molar-refractivity contribution < 1.29 is 5.11 Å². The van der Waals surface area contributed by atoms with Gasteiger partial charge in [-0.15, -0.1) is 11.3 Å². The molecule has 1 atom stereocenters. The van der Waals surface area contributed by atoms with Crippen LogP contribution in [0.4, 0.5) is 0 Å². The summed E-state index contributed by atoms with van der Waals surface area (Å²) in [7, 11) is 0. The van der Waals surface area contributed by atoms with Gasteiger partial charge >= 0.3 is 0 Å². The van der Waals surface area contributed by atoms with Gasteiger partial charge in [-0.2, -0.15) is 0 Å². The largest absolute Gasteiger partial charge is 0.386 e. The van der Waals surface area contributed by atoms with E-state index in [4.69, 9.17) is 5.53 Å². The Kier molecular flexibility index (Phi) is 2.85. The maximum Gasteiger partial charge on any atom is 0.121 e. The molecule has 1 N–H and O–H groups in total. The number of azide groups is 1. The van der Waals surface area contributed by atoms with Crippen LogP contribution in [0.3, 0.4) is 0 Å². The highest BCUT2D eigenvalue weighted by Crippen LogP contribution is 2.14. The lowest BCUT2D eigenvalue weighted by Crippen LogP contribution is -1.99. The van der Waals surface area contributed by atoms with Gasteiger partial charge in [0, 0.05) is 16.5 Å². The van der Waals surface area contributed by atoms with E-state index in [9.17, 15) is 5.11 Å². The molecule has 0 unspecified atom stereocenters. The Hall–Kier alpha value is -1.10. The number of hydrogen-bond donors (Lipinski definition) is 1. The molecule has 0 spiro atoms. The standard InChI is InChI=1S/C5H6N4OS/c6-9-8-3-4(10)5-7-1-2-11-5/h1-2,4,10H,3H2/t4-/m1/s1. The third kappa shape index (κ3) is 2.19. The number of nitrogens with zero attached hydrogens (tertiary/aromatic N) is 4. The lowest BCUT2D eigenvalue weighted by atomic mass is 10.4. The van der Waals surface area contributed by atoms with Crippen LogP contribution in [-0.4, -0.2) is 16.6 Å². The van der Waals surface area contributed by atoms with E-state index in [2.05, 4.69) is 15.0 Å². The molecule has 0 aliphatic carbocycles. The number of hydrogen-bond acceptors (Lipinski definition) is 4. The highest BCUT2D eigenvalue weighted by atomic mass is 32.1. The van der Waals surface area contributed by atoms with Crippen LogP contribution in [0.1, 0.15) is 11.1 Å². The van der Waals surface area contributed by atoms with Crippen molar-refractivity contribution in [2.45, 2.75) is 6.10 Å². The van der Waals surface area contributed by atoms with Gasteiger partial charge in [-0.05, 0) is 5.53 Å². The molecule has 0 saturated heterocycles. The van der Waals surface area contributed by atoms with Gasteiger partial charge in [0.25, 0.3) is 0 Å². The van der Waals surface area contributed by atoms with Crippen molar-refractivity contribution in [3.8, 4) is 0 Å². The summed E-state index contributed by atoms with van der Waals surface area (Å²) in [6.07, 6.45) is 0.838. The van der Waals surface area contributed by atoms with Crippen LogP contribution in [0.15, 0.2) is 16.7 Å². The van der Waals surface area contributed by atoms with E-state index >= 15 is 0 Å². The lowest BCUT2D eigenvalue weighted by Gasteiger charge is -1.99. The SMILES string of the molecule is [N-]=[N+]=NC[C@@H](O)c1nccs1. The summed E-state index contributed by atoms with van der Waals surface area (Å²) in [4.78, 5) is 6.38. The van der Waals surface area contributed by atoms with Crippen molar-refractivity contribution in [1.29, 1.82) is 0 Å². The Morgan fingerprint density at radius 2 is 2.73 bits per heavy atom. The molecule has 0 fully saturated rings. The van der Waals surface area contributed by atoms with Crippen LogP contribution in [0.2, 0.25) is 0 Å². The fourth-order valence-electron chi connectivity index (χ4n) is 0.591. The van der Waals surface area contributed by atoms with Crippen molar-refractivity contribution in [1.82, 2.24) is 4.98 Å². The smallest absolute Gasteiger partial charge is 0.121 e. The molecule has 0 aliphatic rings. The molecule has 0 amide bonds. The topological polar surface area (TPSA) is 81.9 Å². The summed E-state index contributed by atoms with van der Waals surface area (Å²) >= 11 is 1.34. The molecule has 0 radical (unpaired) electrons. The van der Waals surface area contributed by atoms with Gasteiger partial charge < -0.3 is 5.11 Å². The second-order valence-electron chi connectivity index (χ2n) is 1.80. The Morgan fingerprint density at radius 3 is 3.27 bits per heavy atom. The zero-order chi connectivity index (χ0) is 8.10. The van der Waals surface area contributed by atoms with Crippen LogP contribution in [0.25, 0.3) is 10.4 Å². The summed E-state index contributed by atoms with van der Waals surface area (Å²) in [5.41, 5.74) is 7.94. The Labute approximate surface area is 66.9 Å². The van der Waals surface area contributed by atoms with Gasteiger partial charge in [0.2, 0.25) is 0 Å². The maximum atomic E-state index is 9.22. The first kappa shape index (κ1) is 8.00. The van der Waals surface area contributed by atoms with Gasteiger partial charge in [0.05, 0.1) is 6.54 Å². The van der Waals surface area contributed by atoms with Gasteiger partial charge in [-0.1, -0.05) is 5.11 Å². The predicted octanol–water partition coefficient (Wildman–Crippen LogP) is 1.49. The second kappa shape index (κ2) is 3.92. The molecule has 5 nitrogen and oxygen atoms in total. The minimum absolute atomic E-state index is 0.0456. The highest BCUT2D eigenvalue weighted by Gasteiger charge is 2.07. The Balaban J connectivity index is 2.55. The maximum absolute atomic E-state index is 9.22. The minimum Gasteiger partial charge on any atom is -0.386 e. The molecular weight excluding hydrogens is 164 g/mol. The fraction of sp³-hybridized carbons (Fsp3) is 0.400. The van der Waals surface area contributed by atoms with Crippen LogP contribution >= 0.6 is 11.3 Å². The summed E-state index contributed by atoms with van der Waals surface area (Å²) in [5.74, 6) is 0. The molecule has 11 heavy (non-hydrogen) atoms. The zero-order valence-electron chi connectivity index (χ0n) is 5.58. The van der Waals surface area contributed by atoms with E-state index < -0.39 is 6.10 Å². The van der Waals surface area contributed by atoms with Crippen molar-refractivity contribution in [3.63, 3.8) is 0 Å². The fourth-order valence-corrected chi connectivity index (χ4v) is 1.21. The van der Waals surface area contributed by atoms with Crippen LogP contribution in [0.5, 0.6) is 0 Å². The van der Waals surface area contributed by atoms with Crippen LogP contribution in [-0.2, 0) is 0 Å². The third-order valence-corrected chi connectivity index (χ3v) is 1.93. The van der Waals surface area contributed by atoms with Crippen molar-refractivity contribution >= 4 is 11.3 Å². The summed E-state index contributed by atoms with van der Waals surface area (Å²) < 4.78 is 0. The molecule has 1 aromatic heterocycles. The molecule has 0 saturated carbocycles. The lowest BCUT2D eigenvalue weighted by molar-refractivity contribution is 0.186. The molecule has 58 valence electrons. The van der Waals surface area contributed by atoms with Gasteiger partial charge in [-0.3, -0.25) is 0 Å². The van der Waals surface area contributed by atoms with Crippen molar-refractivity contribution in [2.24, 2.45) is 5.11 Å². The van der Waals surface area contributed by atoms with Gasteiger partial charge in [0.1, 0.15) is 11.1 Å². The molecule has 6 heteroatoms. The normalized spacial score (nSPS) is 12.1. The van der Waals surface area contributed by atoms with E-state index in [1.165, 1.54) is 11.3 Å². The first-order valence-electron chi connectivity index (χ1n) is 2.93. The van der Waals surface area contributed by atoms with E-state index in [1.54, 1.807) is 11.6 Å². The number of aromatic nitrogens is 1. The number of thiazole rings is 1. The molecule has 1 heterocycles. The second-order valence-corrected chi connectivity index (χ2v) is 2.73. The molecular formula is C5H6N4OS. The Morgan fingerprint density at radius 1 is 1.91 bits per heavy atom. The summed E-state index contributed by atoms with van der Waals surface area (Å²) in [6, 6.07) is 0. The van der Waals surface area contributed by atoms with Crippen molar-refractivity contribution in [3.05, 3.63) is 27.0 Å². The first-order valence-corrected chi connectivity index (χ1v) is 3.81. The predicted molar refractivity (Wildman–Crippen MR) is 41.1 cm³/mol. The third-order valence-electron chi connectivity index (χ3n) is 1.05. The summed E-state index contributed by atoms with van der Waals surface area (Å²) in [6.45, 7) is 0.0456. The number of aliphatic hydroxyl groups is 1. The van der Waals surface area contributed by atoms with E-state index in [0.29, 0.717) is 5.01 Å². The molecule has 0 aliphatic heterocycles.